The van der Waals surface area contributed by atoms with Gasteiger partial charge in [-0.25, -0.2) is 0 Å². The smallest absolute Gasteiger partial charge is 0.119 e. The molecule has 2 heterocycles. The van der Waals surface area contributed by atoms with Crippen LogP contribution < -0.4 is 15.0 Å². The number of benzene rings is 2. The van der Waals surface area contributed by atoms with Crippen molar-refractivity contribution in [1.29, 1.82) is 0 Å². The monoisotopic (exact) mass is 333 g/mol. The fourth-order valence-electron chi connectivity index (χ4n) is 3.46. The molecule has 1 unspecified atom stereocenters. The molecule has 1 aliphatic heterocycles. The van der Waals surface area contributed by atoms with Crippen molar-refractivity contribution >= 4 is 16.5 Å². The lowest BCUT2D eigenvalue weighted by Gasteiger charge is -2.19. The molecule has 2 aromatic carbocycles. The summed E-state index contributed by atoms with van der Waals surface area (Å²) in [6, 6.07) is 17.5. The van der Waals surface area contributed by atoms with Gasteiger partial charge in [-0.15, -0.1) is 0 Å². The second kappa shape index (κ2) is 7.11. The number of pyridine rings is 1. The Kier molecular flexibility index (Phi) is 4.53. The van der Waals surface area contributed by atoms with E-state index in [4.69, 9.17) is 4.74 Å². The molecule has 0 bridgehead atoms. The topological polar surface area (TPSA) is 37.4 Å². The van der Waals surface area contributed by atoms with Crippen LogP contribution in [0.5, 0.6) is 5.75 Å². The van der Waals surface area contributed by atoms with Gasteiger partial charge in [0.1, 0.15) is 5.75 Å². The Morgan fingerprint density at radius 3 is 2.84 bits per heavy atom. The molecule has 1 atom stereocenters. The van der Waals surface area contributed by atoms with E-state index in [9.17, 15) is 0 Å². The second-order valence-corrected chi connectivity index (χ2v) is 6.57. The maximum atomic E-state index is 5.24. The quantitative estimate of drug-likeness (QED) is 0.774. The summed E-state index contributed by atoms with van der Waals surface area (Å²) < 4.78 is 5.24. The Labute approximate surface area is 148 Å². The maximum Gasteiger partial charge on any atom is 0.119 e. The van der Waals surface area contributed by atoms with Crippen LogP contribution in [-0.4, -0.2) is 31.2 Å². The van der Waals surface area contributed by atoms with E-state index in [-0.39, 0.29) is 0 Å². The summed E-state index contributed by atoms with van der Waals surface area (Å²) >= 11 is 0. The fraction of sp³-hybridized carbons (Fsp3) is 0.286. The lowest BCUT2D eigenvalue weighted by atomic mass is 10.1. The summed E-state index contributed by atoms with van der Waals surface area (Å²) in [6.07, 6.45) is 4.94. The SMILES string of the molecule is COc1ccc(N2CCC(NCc3ccc4ccncc4c3)C2)cc1. The van der Waals surface area contributed by atoms with Crippen LogP contribution in [0.4, 0.5) is 5.69 Å². The van der Waals surface area contributed by atoms with Gasteiger partial charge in [0, 0.05) is 49.1 Å². The van der Waals surface area contributed by atoms with Crippen LogP contribution in [0.1, 0.15) is 12.0 Å². The third kappa shape index (κ3) is 3.59. The first-order chi connectivity index (χ1) is 12.3. The molecule has 4 heteroatoms. The number of anilines is 1. The molecule has 0 aliphatic carbocycles. The van der Waals surface area contributed by atoms with Gasteiger partial charge in [0.25, 0.3) is 0 Å². The van der Waals surface area contributed by atoms with E-state index in [0.29, 0.717) is 6.04 Å². The Bertz CT molecular complexity index is 847. The average Bonchev–Trinajstić information content (AvgIpc) is 3.15. The van der Waals surface area contributed by atoms with E-state index >= 15 is 0 Å². The molecule has 3 aromatic rings. The van der Waals surface area contributed by atoms with E-state index in [2.05, 4.69) is 51.6 Å². The third-order valence-corrected chi connectivity index (χ3v) is 4.93. The van der Waals surface area contributed by atoms with Gasteiger partial charge in [0.05, 0.1) is 7.11 Å². The first-order valence-electron chi connectivity index (χ1n) is 8.77. The van der Waals surface area contributed by atoms with Gasteiger partial charge in [0.15, 0.2) is 0 Å². The van der Waals surface area contributed by atoms with E-state index < -0.39 is 0 Å². The van der Waals surface area contributed by atoms with Crippen LogP contribution in [0, 0.1) is 0 Å². The summed E-state index contributed by atoms with van der Waals surface area (Å²) in [6.45, 7) is 3.03. The minimum absolute atomic E-state index is 0.520. The van der Waals surface area contributed by atoms with Gasteiger partial charge in [-0.05, 0) is 53.8 Å². The minimum Gasteiger partial charge on any atom is -0.497 e. The zero-order valence-electron chi connectivity index (χ0n) is 14.5. The van der Waals surface area contributed by atoms with Crippen LogP contribution in [0.3, 0.4) is 0 Å². The molecule has 128 valence electrons. The maximum absolute atomic E-state index is 5.24. The molecular formula is C21H23N3O. The van der Waals surface area contributed by atoms with Gasteiger partial charge in [-0.1, -0.05) is 12.1 Å². The first kappa shape index (κ1) is 15.9. The number of aromatic nitrogens is 1. The molecule has 0 saturated carbocycles. The highest BCUT2D eigenvalue weighted by atomic mass is 16.5. The van der Waals surface area contributed by atoms with Crippen molar-refractivity contribution in [2.24, 2.45) is 0 Å². The zero-order chi connectivity index (χ0) is 17.1. The largest absolute Gasteiger partial charge is 0.497 e. The lowest BCUT2D eigenvalue weighted by molar-refractivity contribution is 0.415. The van der Waals surface area contributed by atoms with Gasteiger partial charge in [-0.3, -0.25) is 4.98 Å². The number of ether oxygens (including phenoxy) is 1. The molecule has 1 aliphatic rings. The standard InChI is InChI=1S/C21H23N3O/c1-25-21-6-4-20(5-7-21)24-11-9-19(15-24)23-13-16-2-3-17-8-10-22-14-18(17)12-16/h2-8,10,12,14,19,23H,9,11,13,15H2,1H3. The number of nitrogens with zero attached hydrogens (tertiary/aromatic N) is 2. The van der Waals surface area contributed by atoms with Gasteiger partial charge in [-0.2, -0.15) is 0 Å². The number of fused-ring (bicyclic) bond motifs is 1. The molecule has 4 nitrogen and oxygen atoms in total. The number of nitrogens with one attached hydrogen (secondary N) is 1. The fourth-order valence-corrected chi connectivity index (χ4v) is 3.46. The number of methoxy groups -OCH3 is 1. The molecule has 0 radical (unpaired) electrons. The van der Waals surface area contributed by atoms with E-state index in [1.807, 2.05) is 24.5 Å². The van der Waals surface area contributed by atoms with Crippen LogP contribution in [0.25, 0.3) is 10.8 Å². The molecular weight excluding hydrogens is 310 g/mol. The molecule has 0 amide bonds. The number of hydrogen-bond donors (Lipinski definition) is 1. The van der Waals surface area contributed by atoms with Gasteiger partial charge in [0.2, 0.25) is 0 Å². The summed E-state index contributed by atoms with van der Waals surface area (Å²) in [5.74, 6) is 0.906. The molecule has 1 fully saturated rings. The first-order valence-corrected chi connectivity index (χ1v) is 8.77. The second-order valence-electron chi connectivity index (χ2n) is 6.57. The molecule has 1 saturated heterocycles. The summed E-state index contributed by atoms with van der Waals surface area (Å²) in [7, 11) is 1.70. The summed E-state index contributed by atoms with van der Waals surface area (Å²) in [5.41, 5.74) is 2.57. The highest BCUT2D eigenvalue weighted by molar-refractivity contribution is 5.81. The Hall–Kier alpha value is -2.59. The Morgan fingerprint density at radius 2 is 2.00 bits per heavy atom. The van der Waals surface area contributed by atoms with Gasteiger partial charge < -0.3 is 15.0 Å². The van der Waals surface area contributed by atoms with E-state index in [0.717, 1.165) is 25.4 Å². The van der Waals surface area contributed by atoms with Crippen molar-refractivity contribution in [3.63, 3.8) is 0 Å². The van der Waals surface area contributed by atoms with Crippen LogP contribution in [0.15, 0.2) is 60.9 Å². The van der Waals surface area contributed by atoms with Crippen LogP contribution >= 0.6 is 0 Å². The predicted molar refractivity (Wildman–Crippen MR) is 102 cm³/mol. The minimum atomic E-state index is 0.520. The molecule has 1 aromatic heterocycles. The van der Waals surface area contributed by atoms with E-state index in [1.54, 1.807) is 7.11 Å². The third-order valence-electron chi connectivity index (χ3n) is 4.93. The molecule has 0 spiro atoms. The van der Waals surface area contributed by atoms with Crippen LogP contribution in [0.2, 0.25) is 0 Å². The van der Waals surface area contributed by atoms with Crippen molar-refractivity contribution < 1.29 is 4.74 Å². The number of hydrogen-bond acceptors (Lipinski definition) is 4. The summed E-state index contributed by atoms with van der Waals surface area (Å²) in [5, 5.41) is 6.14. The van der Waals surface area contributed by atoms with Crippen molar-refractivity contribution in [1.82, 2.24) is 10.3 Å². The molecule has 25 heavy (non-hydrogen) atoms. The predicted octanol–water partition coefficient (Wildman–Crippen LogP) is 3.61. The average molecular weight is 333 g/mol. The lowest BCUT2D eigenvalue weighted by Crippen LogP contribution is -2.32. The Morgan fingerprint density at radius 1 is 1.12 bits per heavy atom. The number of rotatable bonds is 5. The normalized spacial score (nSPS) is 17.2. The van der Waals surface area contributed by atoms with Crippen LogP contribution in [-0.2, 0) is 6.54 Å². The summed E-state index contributed by atoms with van der Waals surface area (Å²) in [4.78, 5) is 6.64. The van der Waals surface area contributed by atoms with Crippen molar-refractivity contribution in [3.8, 4) is 5.75 Å². The van der Waals surface area contributed by atoms with E-state index in [1.165, 1.54) is 28.4 Å². The Balaban J connectivity index is 1.35. The molecule has 1 N–H and O–H groups in total. The van der Waals surface area contributed by atoms with Crippen molar-refractivity contribution in [3.05, 3.63) is 66.5 Å². The van der Waals surface area contributed by atoms with Crippen molar-refractivity contribution in [2.75, 3.05) is 25.1 Å². The molecule has 4 rings (SSSR count). The highest BCUT2D eigenvalue weighted by Gasteiger charge is 2.22. The highest BCUT2D eigenvalue weighted by Crippen LogP contribution is 2.23. The zero-order valence-corrected chi connectivity index (χ0v) is 14.5. The van der Waals surface area contributed by atoms with Crippen molar-refractivity contribution in [2.45, 2.75) is 19.0 Å². The van der Waals surface area contributed by atoms with Gasteiger partial charge >= 0.3 is 0 Å².